The van der Waals surface area contributed by atoms with Gasteiger partial charge < -0.3 is 14.6 Å². The van der Waals surface area contributed by atoms with Crippen LogP contribution in [0.4, 0.5) is 0 Å². The lowest BCUT2D eigenvalue weighted by molar-refractivity contribution is -0.0195. The molecule has 0 amide bonds. The third-order valence-corrected chi connectivity index (χ3v) is 5.64. The van der Waals surface area contributed by atoms with Crippen molar-refractivity contribution >= 4 is 0 Å². The lowest BCUT2D eigenvalue weighted by atomic mass is 9.88. The summed E-state index contributed by atoms with van der Waals surface area (Å²) in [5.74, 6) is 0.999. The van der Waals surface area contributed by atoms with Gasteiger partial charge in [0.15, 0.2) is 0 Å². The molecule has 2 fully saturated rings. The van der Waals surface area contributed by atoms with E-state index in [9.17, 15) is 0 Å². The monoisotopic (exact) mass is 349 g/mol. The topological polar surface area (TPSA) is 56.9 Å². The van der Waals surface area contributed by atoms with Gasteiger partial charge in [0.25, 0.3) is 0 Å². The Kier molecular flexibility index (Phi) is 3.87. The molecule has 4 heterocycles. The standard InChI is InChI=1S/C20H23N5O/c1-3-16(13-17(4-1)25-11-2-7-23-25)19-22-10-12-24(19)18-14-20(26-15-18)5-8-21-9-6-20/h1-4,7,10-13,18,21H,5-6,8-9,14-15H2. The molecule has 134 valence electrons. The van der Waals surface area contributed by atoms with Crippen molar-refractivity contribution in [1.29, 1.82) is 0 Å². The molecule has 1 atom stereocenters. The van der Waals surface area contributed by atoms with Crippen molar-refractivity contribution in [3.8, 4) is 17.1 Å². The molecule has 2 saturated heterocycles. The molecule has 3 aromatic rings. The van der Waals surface area contributed by atoms with E-state index in [-0.39, 0.29) is 5.60 Å². The number of piperidine rings is 1. The van der Waals surface area contributed by atoms with Gasteiger partial charge in [-0.25, -0.2) is 9.67 Å². The fourth-order valence-electron chi connectivity index (χ4n) is 4.27. The van der Waals surface area contributed by atoms with E-state index in [1.165, 1.54) is 0 Å². The average molecular weight is 349 g/mol. The summed E-state index contributed by atoms with van der Waals surface area (Å²) < 4.78 is 10.5. The molecule has 2 aliphatic heterocycles. The van der Waals surface area contributed by atoms with Crippen LogP contribution in [0.2, 0.25) is 0 Å². The van der Waals surface area contributed by atoms with Gasteiger partial charge in [-0.15, -0.1) is 0 Å². The van der Waals surface area contributed by atoms with Crippen molar-refractivity contribution in [2.24, 2.45) is 0 Å². The van der Waals surface area contributed by atoms with E-state index in [2.05, 4.69) is 50.4 Å². The fraction of sp³-hybridized carbons (Fsp3) is 0.400. The minimum Gasteiger partial charge on any atom is -0.373 e. The second-order valence-electron chi connectivity index (χ2n) is 7.26. The molecule has 5 rings (SSSR count). The summed E-state index contributed by atoms with van der Waals surface area (Å²) in [5, 5.41) is 7.76. The third-order valence-electron chi connectivity index (χ3n) is 5.64. The number of nitrogens with one attached hydrogen (secondary N) is 1. The molecule has 1 spiro atoms. The van der Waals surface area contributed by atoms with E-state index in [1.54, 1.807) is 6.20 Å². The van der Waals surface area contributed by atoms with Gasteiger partial charge in [0.1, 0.15) is 5.82 Å². The Morgan fingerprint density at radius 3 is 2.88 bits per heavy atom. The first-order chi connectivity index (χ1) is 12.8. The molecule has 2 aromatic heterocycles. The molecule has 0 aliphatic carbocycles. The first-order valence-corrected chi connectivity index (χ1v) is 9.31. The predicted octanol–water partition coefficient (Wildman–Crippen LogP) is 2.82. The van der Waals surface area contributed by atoms with Crippen molar-refractivity contribution in [2.45, 2.75) is 30.9 Å². The van der Waals surface area contributed by atoms with Gasteiger partial charge in [0.2, 0.25) is 0 Å². The molecule has 6 heteroatoms. The van der Waals surface area contributed by atoms with Crippen molar-refractivity contribution in [3.63, 3.8) is 0 Å². The summed E-state index contributed by atoms with van der Waals surface area (Å²) >= 11 is 0. The van der Waals surface area contributed by atoms with Gasteiger partial charge in [-0.1, -0.05) is 12.1 Å². The third kappa shape index (κ3) is 2.75. The lowest BCUT2D eigenvalue weighted by Crippen LogP contribution is -2.41. The predicted molar refractivity (Wildman–Crippen MR) is 99.2 cm³/mol. The van der Waals surface area contributed by atoms with Crippen LogP contribution in [0.1, 0.15) is 25.3 Å². The Morgan fingerprint density at radius 2 is 2.04 bits per heavy atom. The van der Waals surface area contributed by atoms with E-state index in [0.717, 1.165) is 56.0 Å². The van der Waals surface area contributed by atoms with Crippen LogP contribution in [0, 0.1) is 0 Å². The summed E-state index contributed by atoms with van der Waals surface area (Å²) in [6.07, 6.45) is 11.0. The smallest absolute Gasteiger partial charge is 0.140 e. The normalized spacial score (nSPS) is 22.1. The van der Waals surface area contributed by atoms with Gasteiger partial charge in [0, 0.05) is 30.4 Å². The van der Waals surface area contributed by atoms with Crippen molar-refractivity contribution in [1.82, 2.24) is 24.6 Å². The molecule has 1 unspecified atom stereocenters. The Bertz CT molecular complexity index is 879. The molecular formula is C20H23N5O. The largest absolute Gasteiger partial charge is 0.373 e. The number of hydrogen-bond acceptors (Lipinski definition) is 4. The van der Waals surface area contributed by atoms with Crippen LogP contribution >= 0.6 is 0 Å². The molecule has 1 N–H and O–H groups in total. The van der Waals surface area contributed by atoms with Crippen LogP contribution in [0.3, 0.4) is 0 Å². The summed E-state index contributed by atoms with van der Waals surface area (Å²) in [7, 11) is 0. The first kappa shape index (κ1) is 15.8. The second-order valence-corrected chi connectivity index (χ2v) is 7.26. The number of hydrogen-bond donors (Lipinski definition) is 1. The van der Waals surface area contributed by atoms with E-state index in [1.807, 2.05) is 23.1 Å². The van der Waals surface area contributed by atoms with E-state index < -0.39 is 0 Å². The van der Waals surface area contributed by atoms with Crippen LogP contribution < -0.4 is 5.32 Å². The average Bonchev–Trinajstić information content (AvgIpc) is 3.43. The zero-order valence-corrected chi connectivity index (χ0v) is 14.7. The van der Waals surface area contributed by atoms with Gasteiger partial charge >= 0.3 is 0 Å². The molecular weight excluding hydrogens is 326 g/mol. The molecule has 26 heavy (non-hydrogen) atoms. The number of ether oxygens (including phenoxy) is 1. The van der Waals surface area contributed by atoms with Gasteiger partial charge in [-0.2, -0.15) is 5.10 Å². The maximum absolute atomic E-state index is 6.29. The Labute approximate surface area is 152 Å². The quantitative estimate of drug-likeness (QED) is 0.790. The zero-order chi connectivity index (χ0) is 17.4. The number of nitrogens with zero attached hydrogens (tertiary/aromatic N) is 4. The Hall–Kier alpha value is -2.44. The van der Waals surface area contributed by atoms with Gasteiger partial charge in [-0.05, 0) is 50.6 Å². The summed E-state index contributed by atoms with van der Waals surface area (Å²) in [4.78, 5) is 4.65. The maximum Gasteiger partial charge on any atom is 0.140 e. The zero-order valence-electron chi connectivity index (χ0n) is 14.7. The molecule has 1 aromatic carbocycles. The van der Waals surface area contributed by atoms with Crippen molar-refractivity contribution in [3.05, 3.63) is 55.1 Å². The van der Waals surface area contributed by atoms with Crippen LogP contribution in [-0.4, -0.2) is 44.6 Å². The molecule has 0 saturated carbocycles. The van der Waals surface area contributed by atoms with E-state index in [0.29, 0.717) is 6.04 Å². The first-order valence-electron chi connectivity index (χ1n) is 9.31. The summed E-state index contributed by atoms with van der Waals surface area (Å²) in [6.45, 7) is 2.87. The Balaban J connectivity index is 1.44. The van der Waals surface area contributed by atoms with E-state index >= 15 is 0 Å². The van der Waals surface area contributed by atoms with Crippen LogP contribution in [-0.2, 0) is 4.74 Å². The highest BCUT2D eigenvalue weighted by Gasteiger charge is 2.42. The second kappa shape index (κ2) is 6.37. The summed E-state index contributed by atoms with van der Waals surface area (Å²) in [5.41, 5.74) is 2.20. The van der Waals surface area contributed by atoms with Gasteiger partial charge in [0.05, 0.1) is 23.9 Å². The maximum atomic E-state index is 6.29. The minimum atomic E-state index is 0.0500. The molecule has 0 bridgehead atoms. The number of imidazole rings is 1. The minimum absolute atomic E-state index is 0.0500. The van der Waals surface area contributed by atoms with Crippen LogP contribution in [0.25, 0.3) is 17.1 Å². The highest BCUT2D eigenvalue weighted by Crippen LogP contribution is 2.40. The highest BCUT2D eigenvalue weighted by atomic mass is 16.5. The molecule has 0 radical (unpaired) electrons. The number of aromatic nitrogens is 4. The number of rotatable bonds is 3. The van der Waals surface area contributed by atoms with Gasteiger partial charge in [-0.3, -0.25) is 0 Å². The van der Waals surface area contributed by atoms with Crippen molar-refractivity contribution in [2.75, 3.05) is 19.7 Å². The van der Waals surface area contributed by atoms with E-state index in [4.69, 9.17) is 4.74 Å². The number of benzene rings is 1. The summed E-state index contributed by atoms with van der Waals surface area (Å²) in [6, 6.07) is 10.7. The van der Waals surface area contributed by atoms with Crippen molar-refractivity contribution < 1.29 is 4.74 Å². The molecule has 6 nitrogen and oxygen atoms in total. The van der Waals surface area contributed by atoms with Crippen LogP contribution in [0.15, 0.2) is 55.1 Å². The Morgan fingerprint density at radius 1 is 1.12 bits per heavy atom. The highest BCUT2D eigenvalue weighted by molar-refractivity contribution is 5.59. The lowest BCUT2D eigenvalue weighted by Gasteiger charge is -2.33. The van der Waals surface area contributed by atoms with Crippen LogP contribution in [0.5, 0.6) is 0 Å². The molecule has 2 aliphatic rings. The fourth-order valence-corrected chi connectivity index (χ4v) is 4.27. The SMILES string of the molecule is c1cc(-c2nccn2C2COC3(CCNCC3)C2)cc(-n2cccn2)c1.